The van der Waals surface area contributed by atoms with Gasteiger partial charge in [0.2, 0.25) is 5.95 Å². The van der Waals surface area contributed by atoms with Gasteiger partial charge in [-0.1, -0.05) is 30.3 Å². The number of ether oxygens (including phenoxy) is 1. The highest BCUT2D eigenvalue weighted by Gasteiger charge is 2.25. The van der Waals surface area contributed by atoms with Gasteiger partial charge in [-0.15, -0.1) is 0 Å². The molecule has 0 bridgehead atoms. The number of para-hydroxylation sites is 1. The third kappa shape index (κ3) is 2.94. The molecule has 0 saturated carbocycles. The number of rotatable bonds is 4. The van der Waals surface area contributed by atoms with Crippen LogP contribution in [0.2, 0.25) is 0 Å². The number of benzene rings is 2. The number of carbonyl (C=O) groups is 1. The largest absolute Gasteiger partial charge is 0.477 e. The third-order valence-electron chi connectivity index (χ3n) is 3.82. The van der Waals surface area contributed by atoms with Gasteiger partial charge in [0.25, 0.3) is 0 Å². The van der Waals surface area contributed by atoms with E-state index in [0.29, 0.717) is 11.7 Å². The summed E-state index contributed by atoms with van der Waals surface area (Å²) < 4.78 is 7.49. The van der Waals surface area contributed by atoms with Gasteiger partial charge in [-0.05, 0) is 35.9 Å². The average Bonchev–Trinajstić information content (AvgIpc) is 3.10. The molecule has 2 heterocycles. The third-order valence-corrected chi connectivity index (χ3v) is 3.82. The molecule has 1 aliphatic heterocycles. The van der Waals surface area contributed by atoms with Crippen LogP contribution in [-0.2, 0) is 4.79 Å². The first-order chi connectivity index (χ1) is 12.2. The van der Waals surface area contributed by atoms with Crippen molar-refractivity contribution in [1.82, 2.24) is 14.8 Å². The number of aliphatic carboxylic acids is 1. The Kier molecular flexibility index (Phi) is 3.66. The zero-order chi connectivity index (χ0) is 17.2. The van der Waals surface area contributed by atoms with Crippen LogP contribution in [0.25, 0.3) is 0 Å². The van der Waals surface area contributed by atoms with E-state index >= 15 is 0 Å². The average molecular weight is 334 g/mol. The lowest BCUT2D eigenvalue weighted by molar-refractivity contribution is -0.132. The first-order valence-electron chi connectivity index (χ1n) is 7.65. The van der Waals surface area contributed by atoms with E-state index < -0.39 is 5.97 Å². The minimum absolute atomic E-state index is 0.0693. The molecule has 0 radical (unpaired) electrons. The molecule has 1 unspecified atom stereocenters. The lowest BCUT2D eigenvalue weighted by Crippen LogP contribution is -2.24. The van der Waals surface area contributed by atoms with Crippen molar-refractivity contribution in [1.29, 1.82) is 0 Å². The molecule has 0 spiro atoms. The van der Waals surface area contributed by atoms with Crippen molar-refractivity contribution < 1.29 is 14.6 Å². The van der Waals surface area contributed by atoms with Gasteiger partial charge in [-0.2, -0.15) is 10.1 Å². The molecule has 1 aromatic heterocycles. The standard InChI is InChI=1S/C18H14N4O3/c23-17(24)15-10-16(22-18(21-15)19-11-20-22)12-5-4-8-14(9-12)25-13-6-2-1-3-7-13/h1-11,16H,(H,23,24)(H,19,20,21). The molecule has 0 fully saturated rings. The molecule has 124 valence electrons. The van der Waals surface area contributed by atoms with Gasteiger partial charge in [-0.3, -0.25) is 0 Å². The van der Waals surface area contributed by atoms with Crippen LogP contribution < -0.4 is 10.1 Å². The number of anilines is 1. The lowest BCUT2D eigenvalue weighted by Gasteiger charge is -2.22. The van der Waals surface area contributed by atoms with Crippen molar-refractivity contribution in [2.24, 2.45) is 0 Å². The number of fused-ring (bicyclic) bond motifs is 1. The molecule has 4 rings (SSSR count). The van der Waals surface area contributed by atoms with Crippen molar-refractivity contribution in [2.45, 2.75) is 6.04 Å². The van der Waals surface area contributed by atoms with Gasteiger partial charge in [0, 0.05) is 0 Å². The number of aromatic nitrogens is 3. The molecule has 25 heavy (non-hydrogen) atoms. The molecule has 0 saturated heterocycles. The highest BCUT2D eigenvalue weighted by atomic mass is 16.5. The van der Waals surface area contributed by atoms with Crippen molar-refractivity contribution >= 4 is 11.9 Å². The normalized spacial score (nSPS) is 15.7. The number of nitrogens with zero attached hydrogens (tertiary/aromatic N) is 3. The zero-order valence-corrected chi connectivity index (χ0v) is 13.0. The van der Waals surface area contributed by atoms with Crippen molar-refractivity contribution in [2.75, 3.05) is 5.32 Å². The molecule has 7 nitrogen and oxygen atoms in total. The number of hydrogen-bond donors (Lipinski definition) is 2. The van der Waals surface area contributed by atoms with Crippen LogP contribution >= 0.6 is 0 Å². The van der Waals surface area contributed by atoms with Gasteiger partial charge in [0.1, 0.15) is 29.6 Å². The Morgan fingerprint density at radius 3 is 2.72 bits per heavy atom. The van der Waals surface area contributed by atoms with Crippen LogP contribution in [0.5, 0.6) is 11.5 Å². The quantitative estimate of drug-likeness (QED) is 0.762. The van der Waals surface area contributed by atoms with E-state index in [2.05, 4.69) is 15.4 Å². The van der Waals surface area contributed by atoms with Gasteiger partial charge < -0.3 is 15.2 Å². The molecule has 7 heteroatoms. The van der Waals surface area contributed by atoms with E-state index in [9.17, 15) is 9.90 Å². The fraction of sp³-hybridized carbons (Fsp3) is 0.0556. The monoisotopic (exact) mass is 334 g/mol. The maximum Gasteiger partial charge on any atom is 0.352 e. The van der Waals surface area contributed by atoms with Crippen LogP contribution in [0.4, 0.5) is 5.95 Å². The number of allylic oxidation sites excluding steroid dienone is 1. The fourth-order valence-corrected chi connectivity index (χ4v) is 2.68. The van der Waals surface area contributed by atoms with Gasteiger partial charge in [0.05, 0.1) is 0 Å². The SMILES string of the molecule is O=C(O)C1=CC(c2cccc(Oc3ccccc3)c2)n2ncnc2N1. The Balaban J connectivity index is 1.70. The van der Waals surface area contributed by atoms with Crippen LogP contribution in [0.3, 0.4) is 0 Å². The van der Waals surface area contributed by atoms with E-state index in [-0.39, 0.29) is 11.7 Å². The van der Waals surface area contributed by atoms with E-state index in [1.54, 1.807) is 10.8 Å². The van der Waals surface area contributed by atoms with E-state index in [1.165, 1.54) is 6.33 Å². The van der Waals surface area contributed by atoms with Gasteiger partial charge in [-0.25, -0.2) is 9.48 Å². The second kappa shape index (κ2) is 6.12. The first kappa shape index (κ1) is 14.9. The smallest absolute Gasteiger partial charge is 0.352 e. The predicted molar refractivity (Wildman–Crippen MR) is 90.5 cm³/mol. The predicted octanol–water partition coefficient (Wildman–Crippen LogP) is 3.05. The summed E-state index contributed by atoms with van der Waals surface area (Å²) in [5, 5.41) is 16.2. The molecule has 0 amide bonds. The summed E-state index contributed by atoms with van der Waals surface area (Å²) in [6.07, 6.45) is 2.99. The molecule has 2 N–H and O–H groups in total. The Bertz CT molecular complexity index is 950. The van der Waals surface area contributed by atoms with Crippen LogP contribution in [0.15, 0.2) is 72.7 Å². The number of carboxylic acids is 1. The highest BCUT2D eigenvalue weighted by Crippen LogP contribution is 2.31. The Morgan fingerprint density at radius 2 is 1.92 bits per heavy atom. The molecule has 3 aromatic rings. The van der Waals surface area contributed by atoms with Crippen LogP contribution in [0, 0.1) is 0 Å². The molecular weight excluding hydrogens is 320 g/mol. The van der Waals surface area contributed by atoms with E-state index in [4.69, 9.17) is 4.74 Å². The Hall–Kier alpha value is -3.61. The first-order valence-corrected chi connectivity index (χ1v) is 7.65. The minimum Gasteiger partial charge on any atom is -0.477 e. The number of hydrogen-bond acceptors (Lipinski definition) is 5. The number of nitrogens with one attached hydrogen (secondary N) is 1. The molecule has 1 atom stereocenters. The second-order valence-corrected chi connectivity index (χ2v) is 5.47. The lowest BCUT2D eigenvalue weighted by atomic mass is 10.0. The van der Waals surface area contributed by atoms with Gasteiger partial charge in [0.15, 0.2) is 0 Å². The zero-order valence-electron chi connectivity index (χ0n) is 13.0. The van der Waals surface area contributed by atoms with Crippen molar-refractivity contribution in [3.8, 4) is 11.5 Å². The summed E-state index contributed by atoms with van der Waals surface area (Å²) >= 11 is 0. The van der Waals surface area contributed by atoms with Crippen molar-refractivity contribution in [3.63, 3.8) is 0 Å². The van der Waals surface area contributed by atoms with E-state index in [1.807, 2.05) is 54.6 Å². The Labute approximate surface area is 143 Å². The summed E-state index contributed by atoms with van der Waals surface area (Å²) in [5.74, 6) is 0.734. The Morgan fingerprint density at radius 1 is 1.12 bits per heavy atom. The molecule has 1 aliphatic rings. The van der Waals surface area contributed by atoms with Gasteiger partial charge >= 0.3 is 5.97 Å². The van der Waals surface area contributed by atoms with Crippen LogP contribution in [-0.4, -0.2) is 25.8 Å². The van der Waals surface area contributed by atoms with Crippen molar-refractivity contribution in [3.05, 3.63) is 78.3 Å². The maximum absolute atomic E-state index is 11.4. The van der Waals surface area contributed by atoms with Crippen LogP contribution in [0.1, 0.15) is 11.6 Å². The maximum atomic E-state index is 11.4. The summed E-state index contributed by atoms with van der Waals surface area (Å²) in [7, 11) is 0. The summed E-state index contributed by atoms with van der Waals surface area (Å²) in [6.45, 7) is 0. The molecule has 0 aliphatic carbocycles. The summed E-state index contributed by atoms with van der Waals surface area (Å²) in [5.41, 5.74) is 0.917. The molecule has 2 aromatic carbocycles. The van der Waals surface area contributed by atoms with E-state index in [0.717, 1.165) is 11.3 Å². The number of carboxylic acid groups (broad SMARTS) is 1. The molecular formula is C18H14N4O3. The topological polar surface area (TPSA) is 89.3 Å². The summed E-state index contributed by atoms with van der Waals surface area (Å²) in [4.78, 5) is 15.4. The highest BCUT2D eigenvalue weighted by molar-refractivity contribution is 5.90. The summed E-state index contributed by atoms with van der Waals surface area (Å²) in [6, 6.07) is 16.5. The second-order valence-electron chi connectivity index (χ2n) is 5.47. The fourth-order valence-electron chi connectivity index (χ4n) is 2.68. The minimum atomic E-state index is -1.05.